The van der Waals surface area contributed by atoms with Gasteiger partial charge in [0.2, 0.25) is 5.91 Å². The zero-order valence-electron chi connectivity index (χ0n) is 15.2. The topological polar surface area (TPSA) is 61.9 Å². The van der Waals surface area contributed by atoms with Gasteiger partial charge >= 0.3 is 6.09 Å². The molecule has 0 unspecified atom stereocenters. The molecule has 0 bridgehead atoms. The summed E-state index contributed by atoms with van der Waals surface area (Å²) in [6.07, 6.45) is 1.77. The van der Waals surface area contributed by atoms with Crippen molar-refractivity contribution in [3.05, 3.63) is 30.3 Å². The van der Waals surface area contributed by atoms with Crippen molar-refractivity contribution in [2.75, 3.05) is 37.7 Å². The highest BCUT2D eigenvalue weighted by atomic mass is 16.6. The van der Waals surface area contributed by atoms with Crippen molar-refractivity contribution < 1.29 is 14.3 Å². The summed E-state index contributed by atoms with van der Waals surface area (Å²) < 4.78 is 5.01. The van der Waals surface area contributed by atoms with Crippen LogP contribution in [0.3, 0.4) is 0 Å². The Balaban J connectivity index is 1.71. The first-order chi connectivity index (χ1) is 12.1. The molecule has 1 aliphatic rings. The van der Waals surface area contributed by atoms with E-state index in [1.54, 1.807) is 11.8 Å². The molecule has 6 nitrogen and oxygen atoms in total. The van der Waals surface area contributed by atoms with Gasteiger partial charge in [-0.05, 0) is 38.8 Å². The molecule has 25 heavy (non-hydrogen) atoms. The third-order valence-electron chi connectivity index (χ3n) is 4.50. The summed E-state index contributed by atoms with van der Waals surface area (Å²) in [5.74, 6) is 0.0731. The van der Waals surface area contributed by atoms with Crippen LogP contribution in [0.15, 0.2) is 30.3 Å². The number of carbonyl (C=O) groups excluding carboxylic acids is 2. The Morgan fingerprint density at radius 1 is 1.20 bits per heavy atom. The zero-order chi connectivity index (χ0) is 18.1. The normalized spacial score (nSPS) is 14.9. The maximum Gasteiger partial charge on any atom is 0.409 e. The molecule has 1 aromatic rings. The molecule has 2 amide bonds. The van der Waals surface area contributed by atoms with Crippen LogP contribution in [0.25, 0.3) is 0 Å². The van der Waals surface area contributed by atoms with E-state index in [1.165, 1.54) is 0 Å². The molecule has 0 spiro atoms. The van der Waals surface area contributed by atoms with Crippen molar-refractivity contribution >= 4 is 17.7 Å². The number of carbonyl (C=O) groups is 2. The van der Waals surface area contributed by atoms with Crippen molar-refractivity contribution in [1.82, 2.24) is 10.2 Å². The molecule has 0 atom stereocenters. The second-order valence-electron chi connectivity index (χ2n) is 6.19. The van der Waals surface area contributed by atoms with Gasteiger partial charge in [0.1, 0.15) is 0 Å². The van der Waals surface area contributed by atoms with Crippen LogP contribution < -0.4 is 10.2 Å². The molecule has 1 fully saturated rings. The average Bonchev–Trinajstić information content (AvgIpc) is 2.64. The van der Waals surface area contributed by atoms with Gasteiger partial charge < -0.3 is 19.9 Å². The highest BCUT2D eigenvalue weighted by molar-refractivity contribution is 5.77. The molecule has 1 saturated heterocycles. The molecule has 0 aromatic heterocycles. The van der Waals surface area contributed by atoms with Crippen molar-refractivity contribution in [3.8, 4) is 0 Å². The lowest BCUT2D eigenvalue weighted by atomic mass is 10.1. The van der Waals surface area contributed by atoms with Gasteiger partial charge in [-0.3, -0.25) is 4.79 Å². The maximum atomic E-state index is 12.2. The summed E-state index contributed by atoms with van der Waals surface area (Å²) in [5, 5.41) is 3.10. The minimum absolute atomic E-state index is 0.0731. The van der Waals surface area contributed by atoms with E-state index in [1.807, 2.05) is 18.2 Å². The highest BCUT2D eigenvalue weighted by Crippen LogP contribution is 2.14. The van der Waals surface area contributed by atoms with Crippen LogP contribution in [0, 0.1) is 0 Å². The fraction of sp³-hybridized carbons (Fsp3) is 0.579. The molecule has 1 heterocycles. The van der Waals surface area contributed by atoms with Gasteiger partial charge in [0.05, 0.1) is 6.61 Å². The molecule has 6 heteroatoms. The van der Waals surface area contributed by atoms with Crippen molar-refractivity contribution in [3.63, 3.8) is 0 Å². The highest BCUT2D eigenvalue weighted by Gasteiger charge is 2.24. The Kier molecular flexibility index (Phi) is 7.57. The van der Waals surface area contributed by atoms with E-state index in [2.05, 4.69) is 29.3 Å². The summed E-state index contributed by atoms with van der Waals surface area (Å²) in [7, 11) is 0. The number of benzene rings is 1. The van der Waals surface area contributed by atoms with Crippen LogP contribution in [-0.2, 0) is 9.53 Å². The molecule has 138 valence electrons. The molecule has 1 aromatic carbocycles. The number of nitrogens with zero attached hydrogens (tertiary/aromatic N) is 2. The van der Waals surface area contributed by atoms with Gasteiger partial charge in [-0.2, -0.15) is 0 Å². The summed E-state index contributed by atoms with van der Waals surface area (Å²) in [6, 6.07) is 10.3. The molecule has 1 N–H and O–H groups in total. The lowest BCUT2D eigenvalue weighted by molar-refractivity contribution is -0.121. The van der Waals surface area contributed by atoms with Crippen LogP contribution in [0.1, 0.15) is 33.1 Å². The number of nitrogens with one attached hydrogen (secondary N) is 1. The molecule has 0 aliphatic carbocycles. The third-order valence-corrected chi connectivity index (χ3v) is 4.50. The van der Waals surface area contributed by atoms with Gasteiger partial charge in [-0.1, -0.05) is 18.2 Å². The van der Waals surface area contributed by atoms with Crippen LogP contribution in [0.4, 0.5) is 10.5 Å². The smallest absolute Gasteiger partial charge is 0.409 e. The molecule has 0 radical (unpaired) electrons. The number of likely N-dealkylation sites (tertiary alicyclic amines) is 1. The number of piperidine rings is 1. The van der Waals surface area contributed by atoms with Gasteiger partial charge in [0.15, 0.2) is 0 Å². The quantitative estimate of drug-likeness (QED) is 0.824. The lowest BCUT2D eigenvalue weighted by Crippen LogP contribution is -2.47. The molecule has 1 aliphatic heterocycles. The summed E-state index contributed by atoms with van der Waals surface area (Å²) in [4.78, 5) is 27.8. The van der Waals surface area contributed by atoms with E-state index in [0.717, 1.165) is 25.1 Å². The van der Waals surface area contributed by atoms with Crippen LogP contribution in [-0.4, -0.2) is 55.7 Å². The minimum atomic E-state index is -0.256. The van der Waals surface area contributed by atoms with Gasteiger partial charge in [-0.25, -0.2) is 4.79 Å². The molecular formula is C19H29N3O3. The first-order valence-electron chi connectivity index (χ1n) is 9.15. The van der Waals surface area contributed by atoms with E-state index in [4.69, 9.17) is 4.74 Å². The van der Waals surface area contributed by atoms with E-state index < -0.39 is 0 Å². The average molecular weight is 347 g/mol. The SMILES string of the molecule is CCOC(=O)N1CCC(NC(=O)CCN(CC)c2ccccc2)CC1. The standard InChI is InChI=1S/C19H29N3O3/c1-3-21(17-8-6-5-7-9-17)15-12-18(23)20-16-10-13-22(14-11-16)19(24)25-4-2/h5-9,16H,3-4,10-15H2,1-2H3,(H,20,23). The second-order valence-corrected chi connectivity index (χ2v) is 6.19. The van der Waals surface area contributed by atoms with Crippen molar-refractivity contribution in [2.45, 2.75) is 39.2 Å². The van der Waals surface area contributed by atoms with Gasteiger partial charge in [0, 0.05) is 44.3 Å². The predicted octanol–water partition coefficient (Wildman–Crippen LogP) is 2.64. The lowest BCUT2D eigenvalue weighted by Gasteiger charge is -2.31. The van der Waals surface area contributed by atoms with Gasteiger partial charge in [0.25, 0.3) is 0 Å². The number of para-hydroxylation sites is 1. The van der Waals surface area contributed by atoms with E-state index in [-0.39, 0.29) is 18.0 Å². The molecule has 0 saturated carbocycles. The number of hydrogen-bond acceptors (Lipinski definition) is 4. The third kappa shape index (κ3) is 5.96. The monoisotopic (exact) mass is 347 g/mol. The van der Waals surface area contributed by atoms with Crippen LogP contribution >= 0.6 is 0 Å². The number of anilines is 1. The predicted molar refractivity (Wildman–Crippen MR) is 98.7 cm³/mol. The Morgan fingerprint density at radius 2 is 1.88 bits per heavy atom. The number of ether oxygens (including phenoxy) is 1. The number of rotatable bonds is 7. The Labute approximate surface area is 150 Å². The van der Waals surface area contributed by atoms with Crippen molar-refractivity contribution in [1.29, 1.82) is 0 Å². The van der Waals surface area contributed by atoms with Gasteiger partial charge in [-0.15, -0.1) is 0 Å². The van der Waals surface area contributed by atoms with Crippen LogP contribution in [0.5, 0.6) is 0 Å². The molecule has 2 rings (SSSR count). The fourth-order valence-corrected chi connectivity index (χ4v) is 3.07. The fourth-order valence-electron chi connectivity index (χ4n) is 3.07. The van der Waals surface area contributed by atoms with Crippen molar-refractivity contribution in [2.24, 2.45) is 0 Å². The summed E-state index contributed by atoms with van der Waals surface area (Å²) >= 11 is 0. The minimum Gasteiger partial charge on any atom is -0.450 e. The Morgan fingerprint density at radius 3 is 2.48 bits per heavy atom. The van der Waals surface area contributed by atoms with Crippen LogP contribution in [0.2, 0.25) is 0 Å². The van der Waals surface area contributed by atoms with E-state index in [9.17, 15) is 9.59 Å². The molecular weight excluding hydrogens is 318 g/mol. The summed E-state index contributed by atoms with van der Waals surface area (Å²) in [5.41, 5.74) is 1.14. The first-order valence-corrected chi connectivity index (χ1v) is 9.15. The number of amides is 2. The number of hydrogen-bond donors (Lipinski definition) is 1. The maximum absolute atomic E-state index is 12.2. The largest absolute Gasteiger partial charge is 0.450 e. The summed E-state index contributed by atoms with van der Waals surface area (Å²) in [6.45, 7) is 7.13. The zero-order valence-corrected chi connectivity index (χ0v) is 15.2. The Hall–Kier alpha value is -2.24. The van der Waals surface area contributed by atoms with E-state index in [0.29, 0.717) is 32.7 Å². The first kappa shape index (κ1) is 19.1. The van der Waals surface area contributed by atoms with E-state index >= 15 is 0 Å². The second kappa shape index (κ2) is 9.91. The Bertz CT molecular complexity index is 542.